The van der Waals surface area contributed by atoms with Gasteiger partial charge >= 0.3 is 47.6 Å². The highest BCUT2D eigenvalue weighted by molar-refractivity contribution is 9.11. The number of halogens is 12. The van der Waals surface area contributed by atoms with E-state index >= 15 is 0 Å². The van der Waals surface area contributed by atoms with Gasteiger partial charge in [0.1, 0.15) is 73.9 Å². The van der Waals surface area contributed by atoms with E-state index in [4.69, 9.17) is 93.7 Å². The minimum Gasteiger partial charge on any atom is -0.463 e. The van der Waals surface area contributed by atoms with Crippen molar-refractivity contribution in [2.24, 2.45) is 25.7 Å². The summed E-state index contributed by atoms with van der Waals surface area (Å²) in [4.78, 5) is 147. The zero-order chi connectivity index (χ0) is 96.0. The second-order valence-corrected chi connectivity index (χ2v) is 38.2. The third-order valence-corrected chi connectivity index (χ3v) is 28.2. The molecule has 0 radical (unpaired) electrons. The first kappa shape index (κ1) is 104. The standard InChI is InChI=1S/C22H21BrClFN4O4S.2C22H20BrFN4O4S.C19H18BrFN4O2S.C3H4Cl2O2.ClH/c1-2-32-21(30)17-16-10-13(27-22(31)33-7-5-24)11-29(16)19(20-26-6-8-34-20)28-18(17)14-4-3-12(25)9-15(14)23;2*1-2-31-21(29)17-16-10-13(27-6-7-32-22(27)30)11-28(16)19(20-25-5-8-33-20)26-18(17)14-4-3-12(24)9-15(14)23;1-2-27-19(26)15-14-8-11(22)9-25(14)17(18-23-5-6-28-18)24-16(15)12-4-3-10(21)7-13(12)20;4-1-2-7-3(5)6;/h3-4,6,8-9,13,18H,2,5,7,10-11H2,1H3,(H,27,31);2*3-5,8-9,13,18H,2,6-7,10-11H2,1H3;3-7,11,16H,2,8-9,22H2,1H3;1-2H2;1H/t13?,18-;13-,18+;13-,18-;11?,16-;;/m0100../s1. The largest absolute Gasteiger partial charge is 0.463 e. The summed E-state index contributed by atoms with van der Waals surface area (Å²) in [5.74, 6) is -0.536. The number of alkyl halides is 2. The number of fused-ring (bicyclic) bond motifs is 4. The van der Waals surface area contributed by atoms with Crippen molar-refractivity contribution in [3.05, 3.63) is 248 Å². The molecule has 0 aliphatic carbocycles. The van der Waals surface area contributed by atoms with Crippen molar-refractivity contribution in [1.82, 2.24) is 54.7 Å². The molecule has 6 fully saturated rings. The number of amidine groups is 4. The van der Waals surface area contributed by atoms with Crippen molar-refractivity contribution in [3.8, 4) is 0 Å². The molecular weight excluding hydrogens is 2200 g/mol. The van der Waals surface area contributed by atoms with Crippen LogP contribution in [0.2, 0.25) is 0 Å². The Morgan fingerprint density at radius 2 is 0.750 bits per heavy atom. The molecule has 14 heterocycles. The van der Waals surface area contributed by atoms with Gasteiger partial charge < -0.3 is 68.5 Å². The van der Waals surface area contributed by atoms with Gasteiger partial charge in [-0.3, -0.25) is 29.8 Å². The van der Waals surface area contributed by atoms with Crippen LogP contribution in [0.15, 0.2) is 202 Å². The van der Waals surface area contributed by atoms with Crippen molar-refractivity contribution in [2.75, 3.05) is 104 Å². The van der Waals surface area contributed by atoms with Crippen molar-refractivity contribution in [3.63, 3.8) is 0 Å². The number of hydrogen-bond donors (Lipinski definition) is 2. The highest BCUT2D eigenvalue weighted by Crippen LogP contribution is 2.49. The van der Waals surface area contributed by atoms with Gasteiger partial charge in [0, 0.05) is 156 Å². The number of nitrogens with one attached hydrogen (secondary N) is 1. The van der Waals surface area contributed by atoms with Crippen LogP contribution in [0.1, 0.15) is 120 Å². The van der Waals surface area contributed by atoms with Crippen molar-refractivity contribution < 1.29 is 93.8 Å². The van der Waals surface area contributed by atoms with Crippen molar-refractivity contribution in [2.45, 2.75) is 102 Å². The zero-order valence-corrected chi connectivity index (χ0v) is 85.1. The number of carbonyl (C=O) groups excluding carboxylic acids is 8. The summed E-state index contributed by atoms with van der Waals surface area (Å²) in [6.45, 7) is 11.6. The van der Waals surface area contributed by atoms with Crippen LogP contribution in [-0.2, 0) is 57.1 Å². The van der Waals surface area contributed by atoms with Gasteiger partial charge in [-0.1, -0.05) is 88.0 Å². The molecule has 0 bridgehead atoms. The molecule has 18 rings (SSSR count). The number of hydrogen-bond acceptors (Lipinski definition) is 33. The number of nitrogens with zero attached hydrogens (tertiary/aromatic N) is 14. The number of ether oxygens (including phenoxy) is 8. The summed E-state index contributed by atoms with van der Waals surface area (Å²) in [5, 5.41) is 13.1. The highest BCUT2D eigenvalue weighted by Gasteiger charge is 2.50. The van der Waals surface area contributed by atoms with Crippen LogP contribution in [-0.4, -0.2) is 248 Å². The number of rotatable bonds is 23. The van der Waals surface area contributed by atoms with E-state index in [0.29, 0.717) is 191 Å². The molecule has 4 aromatic carbocycles. The number of nitrogens with two attached hydrogens (primary N) is 1. The van der Waals surface area contributed by atoms with Crippen LogP contribution in [0.3, 0.4) is 0 Å². The molecule has 8 aromatic rings. The lowest BCUT2D eigenvalue weighted by Crippen LogP contribution is -2.40. The van der Waals surface area contributed by atoms with E-state index in [1.54, 1.807) is 86.5 Å². The zero-order valence-electron chi connectivity index (χ0n) is 72.4. The Morgan fingerprint density at radius 3 is 1.02 bits per heavy atom. The molecule has 4 aromatic heterocycles. The number of aliphatic imine (C=N–C) groups is 4. The maximum absolute atomic E-state index is 13.8. The molecule has 3 N–H and O–H groups in total. The number of aromatic nitrogens is 4. The summed E-state index contributed by atoms with van der Waals surface area (Å²) >= 11 is 34.9. The number of cyclic esters (lactones) is 2. The fourth-order valence-electron chi connectivity index (χ4n) is 16.5. The molecule has 0 saturated carbocycles. The van der Waals surface area contributed by atoms with Crippen LogP contribution >= 0.6 is 156 Å². The number of benzene rings is 4. The number of amides is 3. The Hall–Kier alpha value is -9.84. The smallest absolute Gasteiger partial charge is 0.410 e. The molecule has 3 amide bonds. The van der Waals surface area contributed by atoms with E-state index < -0.39 is 77.0 Å². The van der Waals surface area contributed by atoms with Gasteiger partial charge in [0.05, 0.1) is 91.7 Å². The lowest BCUT2D eigenvalue weighted by atomic mass is 9.94. The average Bonchev–Trinajstić information content (AvgIpc) is 1.58. The van der Waals surface area contributed by atoms with Crippen molar-refractivity contribution >= 4 is 227 Å². The predicted molar refractivity (Wildman–Crippen MR) is 518 cm³/mol. The topological polar surface area (TPSA) is 369 Å². The average molecular weight is 2290 g/mol. The van der Waals surface area contributed by atoms with Crippen LogP contribution < -0.4 is 11.1 Å². The molecule has 10 aliphatic rings. The molecule has 8 atom stereocenters. The van der Waals surface area contributed by atoms with Gasteiger partial charge in [-0.15, -0.1) is 81.0 Å². The quantitative estimate of drug-likeness (QED) is 0.0197. The molecule has 10 aliphatic heterocycles. The molecule has 48 heteroatoms. The van der Waals surface area contributed by atoms with Gasteiger partial charge in [0.25, 0.3) is 0 Å². The Bertz CT molecular complexity index is 5880. The minimum absolute atomic E-state index is 0. The molecule has 0 spiro atoms. The van der Waals surface area contributed by atoms with Gasteiger partial charge in [-0.25, -0.2) is 75.9 Å². The molecule has 720 valence electrons. The Morgan fingerprint density at radius 1 is 0.449 bits per heavy atom. The van der Waals surface area contributed by atoms with E-state index in [2.05, 4.69) is 93.7 Å². The molecule has 2 unspecified atom stereocenters. The Balaban J connectivity index is 0.000000150. The predicted octanol–water partition coefficient (Wildman–Crippen LogP) is 17.6. The highest BCUT2D eigenvalue weighted by atomic mass is 79.9. The second kappa shape index (κ2) is 47.7. The van der Waals surface area contributed by atoms with Gasteiger partial charge in [0.15, 0.2) is 43.4 Å². The van der Waals surface area contributed by atoms with Crippen molar-refractivity contribution in [1.29, 1.82) is 0 Å². The van der Waals surface area contributed by atoms with Crippen LogP contribution in [0.5, 0.6) is 0 Å². The van der Waals surface area contributed by atoms with Gasteiger partial charge in [-0.05, 0) is 98.5 Å². The maximum atomic E-state index is 13.8. The number of thiazole rings is 4. The Kier molecular flexibility index (Phi) is 36.3. The lowest BCUT2D eigenvalue weighted by Gasteiger charge is -2.31. The summed E-state index contributed by atoms with van der Waals surface area (Å²) in [5.41, 5.74) is 12.5. The first-order valence-electron chi connectivity index (χ1n) is 42.0. The van der Waals surface area contributed by atoms with Crippen LogP contribution in [0, 0.1) is 23.3 Å². The molecule has 6 saturated heterocycles. The SMILES string of the molecule is CCOC(=O)C1=C2CC(N)CN2C(c2nccs2)=N[C@H]1c1ccc(F)cc1Br.CCOC(=O)C1=C2CC(NC(=O)OCCCl)CN2C(c2nccs2)=N[C@H]1c1ccc(F)cc1Br.CCOC(=O)C1=C2C[C@@H](N3CCOC3=O)CN2C(c2nccs2)=N[C@H]1c1ccc(F)cc1Br.CCOC(=O)C1=C2C[C@H](N3CCOC3=O)CN2C(c2nccs2)=N[C@H]1c1ccc(F)cc1Br.Cl.O=C(Cl)OCCCl. The van der Waals surface area contributed by atoms with E-state index in [1.807, 2.05) is 41.1 Å². The minimum atomic E-state index is -0.805. The first-order valence-corrected chi connectivity index (χ1v) is 50.2. The number of esters is 4. The van der Waals surface area contributed by atoms with E-state index in [9.17, 15) is 55.9 Å². The molecular formula is C88H84Br4Cl4F4N16O16S4. The van der Waals surface area contributed by atoms with E-state index in [0.717, 1.165) is 22.1 Å². The normalized spacial score (nSPS) is 20.6. The summed E-state index contributed by atoms with van der Waals surface area (Å²) in [7, 11) is 0. The van der Waals surface area contributed by atoms with Gasteiger partial charge in [-0.2, -0.15) is 0 Å². The monoisotopic (exact) mass is 2280 g/mol. The summed E-state index contributed by atoms with van der Waals surface area (Å²) < 4.78 is 98.2. The Labute approximate surface area is 847 Å². The first-order chi connectivity index (χ1) is 65.1. The molecule has 32 nitrogen and oxygen atoms in total. The third-order valence-electron chi connectivity index (χ3n) is 21.9. The summed E-state index contributed by atoms with van der Waals surface area (Å²) in [6.07, 6.45) is 7.25. The maximum Gasteiger partial charge on any atom is 0.410 e. The molecule has 136 heavy (non-hydrogen) atoms. The van der Waals surface area contributed by atoms with E-state index in [1.165, 1.54) is 93.9 Å². The number of carbonyl (C=O) groups is 8. The summed E-state index contributed by atoms with van der Waals surface area (Å²) in [6, 6.07) is 13.6. The fourth-order valence-corrected chi connectivity index (χ4v) is 21.6. The second-order valence-electron chi connectivity index (χ2n) is 30.1. The van der Waals surface area contributed by atoms with E-state index in [-0.39, 0.29) is 100 Å². The van der Waals surface area contributed by atoms with Gasteiger partial charge in [0.2, 0.25) is 0 Å². The lowest BCUT2D eigenvalue weighted by molar-refractivity contribution is -0.140. The van der Waals surface area contributed by atoms with Crippen LogP contribution in [0.25, 0.3) is 0 Å². The van der Waals surface area contributed by atoms with Crippen LogP contribution in [0.4, 0.5) is 36.7 Å². The third kappa shape index (κ3) is 23.7. The number of alkyl carbamates (subject to hydrolysis) is 1. The fraction of sp³-hybridized carbons (Fsp3) is 0.364.